The molecule has 27 heavy (non-hydrogen) atoms. The van der Waals surface area contributed by atoms with E-state index in [4.69, 9.17) is 4.74 Å². The van der Waals surface area contributed by atoms with E-state index in [0.29, 0.717) is 37.7 Å². The van der Waals surface area contributed by atoms with Gasteiger partial charge in [0.05, 0.1) is 24.3 Å². The number of rotatable bonds is 5. The fourth-order valence-electron chi connectivity index (χ4n) is 2.56. The molecular formula is C19H21N3O4S. The quantitative estimate of drug-likeness (QED) is 0.826. The lowest BCUT2D eigenvalue weighted by Crippen LogP contribution is -2.43. The number of urea groups is 1. The van der Waals surface area contributed by atoms with Gasteiger partial charge in [0.2, 0.25) is 0 Å². The molecule has 2 aromatic rings. The summed E-state index contributed by atoms with van der Waals surface area (Å²) in [6, 6.07) is 15.5. The molecular weight excluding hydrogens is 366 g/mol. The minimum atomic E-state index is -3.67. The van der Waals surface area contributed by atoms with Gasteiger partial charge in [0.25, 0.3) is 10.0 Å². The van der Waals surface area contributed by atoms with Crippen molar-refractivity contribution >= 4 is 33.5 Å². The van der Waals surface area contributed by atoms with Crippen LogP contribution >= 0.6 is 0 Å². The van der Waals surface area contributed by atoms with E-state index >= 15 is 0 Å². The Morgan fingerprint density at radius 1 is 1.00 bits per heavy atom. The van der Waals surface area contributed by atoms with Crippen molar-refractivity contribution in [3.63, 3.8) is 0 Å². The number of carbonyl (C=O) groups excluding carboxylic acids is 1. The number of anilines is 2. The first-order valence-corrected chi connectivity index (χ1v) is 10.1. The van der Waals surface area contributed by atoms with Gasteiger partial charge in [-0.2, -0.15) is 0 Å². The molecule has 142 valence electrons. The SMILES string of the molecule is O=C(Nc1cccc(NS(=O)(=O)/C=C/c2ccccc2)c1)N1CCOCC1. The maximum atomic E-state index is 12.2. The summed E-state index contributed by atoms with van der Waals surface area (Å²) < 4.78 is 32.2. The predicted molar refractivity (Wildman–Crippen MR) is 106 cm³/mol. The Balaban J connectivity index is 1.64. The van der Waals surface area contributed by atoms with Crippen LogP contribution in [0, 0.1) is 0 Å². The fourth-order valence-corrected chi connectivity index (χ4v) is 3.42. The van der Waals surface area contributed by atoms with Gasteiger partial charge in [0, 0.05) is 18.8 Å². The number of ether oxygens (including phenoxy) is 1. The number of benzene rings is 2. The second-order valence-corrected chi connectivity index (χ2v) is 7.54. The summed E-state index contributed by atoms with van der Waals surface area (Å²) in [7, 11) is -3.67. The monoisotopic (exact) mass is 387 g/mol. The Labute approximate surface area is 158 Å². The van der Waals surface area contributed by atoms with E-state index in [1.54, 1.807) is 29.2 Å². The van der Waals surface area contributed by atoms with Crippen molar-refractivity contribution < 1.29 is 17.9 Å². The Bertz CT molecular complexity index is 908. The topological polar surface area (TPSA) is 87.7 Å². The molecule has 2 aromatic carbocycles. The van der Waals surface area contributed by atoms with Gasteiger partial charge in [-0.05, 0) is 29.8 Å². The van der Waals surface area contributed by atoms with Crippen molar-refractivity contribution in [2.45, 2.75) is 0 Å². The third-order valence-electron chi connectivity index (χ3n) is 3.91. The maximum Gasteiger partial charge on any atom is 0.322 e. The Morgan fingerprint density at radius 3 is 2.44 bits per heavy atom. The van der Waals surface area contributed by atoms with Crippen LogP contribution < -0.4 is 10.0 Å². The van der Waals surface area contributed by atoms with Crippen molar-refractivity contribution in [3.05, 3.63) is 65.6 Å². The first-order chi connectivity index (χ1) is 13.0. The van der Waals surface area contributed by atoms with Crippen molar-refractivity contribution in [1.82, 2.24) is 4.90 Å². The number of carbonyl (C=O) groups is 1. The molecule has 0 unspecified atom stereocenters. The third-order valence-corrected chi connectivity index (χ3v) is 4.93. The first-order valence-electron chi connectivity index (χ1n) is 8.51. The molecule has 0 aromatic heterocycles. The van der Waals surface area contributed by atoms with Crippen LogP contribution in [-0.4, -0.2) is 45.7 Å². The van der Waals surface area contributed by atoms with Gasteiger partial charge in [-0.25, -0.2) is 13.2 Å². The first kappa shape index (κ1) is 18.9. The zero-order chi connectivity index (χ0) is 19.1. The summed E-state index contributed by atoms with van der Waals surface area (Å²) in [6.07, 6.45) is 1.52. The smallest absolute Gasteiger partial charge is 0.322 e. The van der Waals surface area contributed by atoms with Gasteiger partial charge < -0.3 is 15.0 Å². The lowest BCUT2D eigenvalue weighted by molar-refractivity contribution is 0.0564. The fraction of sp³-hybridized carbons (Fsp3) is 0.211. The molecule has 1 heterocycles. The molecule has 8 heteroatoms. The molecule has 0 radical (unpaired) electrons. The van der Waals surface area contributed by atoms with Crippen LogP contribution in [0.15, 0.2) is 60.0 Å². The molecule has 0 saturated carbocycles. The molecule has 3 rings (SSSR count). The normalized spacial score (nSPS) is 14.9. The lowest BCUT2D eigenvalue weighted by atomic mass is 10.2. The van der Waals surface area contributed by atoms with Crippen molar-refractivity contribution in [3.8, 4) is 0 Å². The third kappa shape index (κ3) is 5.83. The van der Waals surface area contributed by atoms with Gasteiger partial charge in [0.1, 0.15) is 0 Å². The highest BCUT2D eigenvalue weighted by Crippen LogP contribution is 2.18. The molecule has 0 atom stereocenters. The molecule has 1 aliphatic heterocycles. The summed E-state index contributed by atoms with van der Waals surface area (Å²) in [5, 5.41) is 3.89. The average Bonchev–Trinajstić information content (AvgIpc) is 2.68. The van der Waals surface area contributed by atoms with Crippen LogP contribution in [0.5, 0.6) is 0 Å². The van der Waals surface area contributed by atoms with Crippen LogP contribution in [0.3, 0.4) is 0 Å². The molecule has 1 aliphatic rings. The van der Waals surface area contributed by atoms with Crippen LogP contribution in [0.2, 0.25) is 0 Å². The largest absolute Gasteiger partial charge is 0.378 e. The predicted octanol–water partition coefficient (Wildman–Crippen LogP) is 2.96. The highest BCUT2D eigenvalue weighted by molar-refractivity contribution is 7.95. The van der Waals surface area contributed by atoms with E-state index in [9.17, 15) is 13.2 Å². The van der Waals surface area contributed by atoms with Crippen molar-refractivity contribution in [2.24, 2.45) is 0 Å². The number of hydrogen-bond acceptors (Lipinski definition) is 4. The van der Waals surface area contributed by atoms with Crippen molar-refractivity contribution in [1.29, 1.82) is 0 Å². The molecule has 0 aliphatic carbocycles. The zero-order valence-electron chi connectivity index (χ0n) is 14.7. The van der Waals surface area contributed by atoms with E-state index in [-0.39, 0.29) is 6.03 Å². The maximum absolute atomic E-state index is 12.2. The molecule has 7 nitrogen and oxygen atoms in total. The average molecular weight is 387 g/mol. The summed E-state index contributed by atoms with van der Waals surface area (Å²) in [5.41, 5.74) is 1.67. The van der Waals surface area contributed by atoms with Crippen molar-refractivity contribution in [2.75, 3.05) is 36.3 Å². The summed E-state index contributed by atoms with van der Waals surface area (Å²) in [5.74, 6) is 0. The standard InChI is InChI=1S/C19H21N3O4S/c23-19(22-10-12-26-13-11-22)20-17-7-4-8-18(15-17)21-27(24,25)14-9-16-5-2-1-3-6-16/h1-9,14-15,21H,10-13H2,(H,20,23)/b14-9+. The molecule has 2 amide bonds. The number of nitrogens with one attached hydrogen (secondary N) is 2. The van der Waals surface area contributed by atoms with Gasteiger partial charge in [-0.15, -0.1) is 0 Å². The Hall–Kier alpha value is -2.84. The summed E-state index contributed by atoms with van der Waals surface area (Å²) in [4.78, 5) is 13.9. The number of morpholine rings is 1. The number of amides is 2. The van der Waals surface area contributed by atoms with Gasteiger partial charge in [-0.1, -0.05) is 36.4 Å². The van der Waals surface area contributed by atoms with Crippen LogP contribution in [0.25, 0.3) is 6.08 Å². The van der Waals surface area contributed by atoms with E-state index in [1.165, 1.54) is 6.08 Å². The second-order valence-electron chi connectivity index (χ2n) is 5.97. The van der Waals surface area contributed by atoms with E-state index in [1.807, 2.05) is 30.3 Å². The van der Waals surface area contributed by atoms with Gasteiger partial charge in [0.15, 0.2) is 0 Å². The highest BCUT2D eigenvalue weighted by atomic mass is 32.2. The van der Waals surface area contributed by atoms with E-state index in [0.717, 1.165) is 11.0 Å². The molecule has 0 bridgehead atoms. The zero-order valence-corrected chi connectivity index (χ0v) is 15.5. The minimum Gasteiger partial charge on any atom is -0.378 e. The number of sulfonamides is 1. The number of nitrogens with zero attached hydrogens (tertiary/aromatic N) is 1. The Morgan fingerprint density at radius 2 is 1.70 bits per heavy atom. The van der Waals surface area contributed by atoms with Gasteiger partial charge >= 0.3 is 6.03 Å². The summed E-state index contributed by atoms with van der Waals surface area (Å²) in [6.45, 7) is 2.09. The second kappa shape index (κ2) is 8.70. The van der Waals surface area contributed by atoms with E-state index in [2.05, 4.69) is 10.0 Å². The lowest BCUT2D eigenvalue weighted by Gasteiger charge is -2.27. The number of hydrogen-bond donors (Lipinski definition) is 2. The highest BCUT2D eigenvalue weighted by Gasteiger charge is 2.17. The minimum absolute atomic E-state index is 0.234. The van der Waals surface area contributed by atoms with E-state index < -0.39 is 10.0 Å². The Kier molecular flexibility index (Phi) is 6.10. The molecule has 2 N–H and O–H groups in total. The molecule has 1 saturated heterocycles. The van der Waals surface area contributed by atoms with Gasteiger partial charge in [-0.3, -0.25) is 4.72 Å². The van der Waals surface area contributed by atoms with Crippen LogP contribution in [0.1, 0.15) is 5.56 Å². The molecule has 0 spiro atoms. The molecule has 1 fully saturated rings. The van der Waals surface area contributed by atoms with Crippen LogP contribution in [0.4, 0.5) is 16.2 Å². The summed E-state index contributed by atoms with van der Waals surface area (Å²) >= 11 is 0. The van der Waals surface area contributed by atoms with Crippen LogP contribution in [-0.2, 0) is 14.8 Å².